The van der Waals surface area contributed by atoms with Crippen molar-refractivity contribution in [1.29, 1.82) is 0 Å². The van der Waals surface area contributed by atoms with E-state index in [9.17, 15) is 0 Å². The van der Waals surface area contributed by atoms with Crippen LogP contribution < -0.4 is 24.8 Å². The quantitative estimate of drug-likeness (QED) is 0.807. The molecule has 0 saturated carbocycles. The molecule has 0 aliphatic carbocycles. The van der Waals surface area contributed by atoms with E-state index in [-0.39, 0.29) is 12.9 Å². The molecular formula is C18H20N2O3S. The van der Waals surface area contributed by atoms with E-state index in [0.29, 0.717) is 11.7 Å². The number of hydrogen-bond donors (Lipinski definition) is 2. The number of rotatable bonds is 5. The summed E-state index contributed by atoms with van der Waals surface area (Å²) in [7, 11) is 0. The van der Waals surface area contributed by atoms with Gasteiger partial charge in [-0.25, -0.2) is 0 Å². The zero-order valence-corrected chi connectivity index (χ0v) is 14.5. The van der Waals surface area contributed by atoms with E-state index in [1.807, 2.05) is 56.3 Å². The second kappa shape index (κ2) is 7.40. The van der Waals surface area contributed by atoms with E-state index < -0.39 is 0 Å². The fraction of sp³-hybridized carbons (Fsp3) is 0.278. The highest BCUT2D eigenvalue weighted by Crippen LogP contribution is 2.32. The first-order chi connectivity index (χ1) is 11.6. The lowest BCUT2D eigenvalue weighted by atomic mass is 10.2. The predicted octanol–water partition coefficient (Wildman–Crippen LogP) is 3.69. The summed E-state index contributed by atoms with van der Waals surface area (Å²) in [6.45, 7) is 4.89. The molecule has 2 aromatic rings. The predicted molar refractivity (Wildman–Crippen MR) is 97.8 cm³/mol. The van der Waals surface area contributed by atoms with Gasteiger partial charge in [0.2, 0.25) is 6.79 Å². The molecule has 1 heterocycles. The van der Waals surface area contributed by atoms with Gasteiger partial charge in [0, 0.05) is 12.2 Å². The number of fused-ring (bicyclic) bond motifs is 1. The summed E-state index contributed by atoms with van der Waals surface area (Å²) < 4.78 is 16.3. The zero-order valence-electron chi connectivity index (χ0n) is 13.7. The molecule has 6 heteroatoms. The van der Waals surface area contributed by atoms with Crippen LogP contribution in [0.3, 0.4) is 0 Å². The van der Waals surface area contributed by atoms with Gasteiger partial charge in [-0.05, 0) is 68.0 Å². The van der Waals surface area contributed by atoms with Crippen molar-refractivity contribution in [3.8, 4) is 17.2 Å². The van der Waals surface area contributed by atoms with Crippen LogP contribution in [-0.2, 0) is 6.54 Å². The molecule has 2 N–H and O–H groups in total. The van der Waals surface area contributed by atoms with Gasteiger partial charge in [-0.15, -0.1) is 0 Å². The Balaban J connectivity index is 1.50. The lowest BCUT2D eigenvalue weighted by Gasteiger charge is -2.13. The number of thiocarbonyl (C=S) groups is 1. The van der Waals surface area contributed by atoms with Crippen LogP contribution in [-0.4, -0.2) is 18.0 Å². The lowest BCUT2D eigenvalue weighted by molar-refractivity contribution is 0.174. The Kier molecular flexibility index (Phi) is 5.05. The van der Waals surface area contributed by atoms with Crippen LogP contribution in [0, 0.1) is 0 Å². The highest BCUT2D eigenvalue weighted by molar-refractivity contribution is 7.80. The van der Waals surface area contributed by atoms with Crippen LogP contribution in [0.1, 0.15) is 19.4 Å². The summed E-state index contributed by atoms with van der Waals surface area (Å²) >= 11 is 5.33. The molecule has 0 unspecified atom stereocenters. The Hall–Kier alpha value is -2.47. The minimum atomic E-state index is 0.160. The van der Waals surface area contributed by atoms with Crippen molar-refractivity contribution >= 4 is 23.0 Å². The molecule has 0 radical (unpaired) electrons. The molecule has 1 aliphatic heterocycles. The average Bonchev–Trinajstić information content (AvgIpc) is 3.02. The van der Waals surface area contributed by atoms with Crippen molar-refractivity contribution in [2.24, 2.45) is 0 Å². The topological polar surface area (TPSA) is 51.8 Å². The monoisotopic (exact) mass is 344 g/mol. The second-order valence-electron chi connectivity index (χ2n) is 5.69. The van der Waals surface area contributed by atoms with E-state index in [4.69, 9.17) is 26.4 Å². The standard InChI is InChI=1S/C18H20N2O3S/c1-12(2)23-15-6-4-14(5-7-15)20-18(24)19-10-13-3-8-16-17(9-13)22-11-21-16/h3-9,12H,10-11H2,1-2H3,(H2,19,20,24). The molecular weight excluding hydrogens is 324 g/mol. The summed E-state index contributed by atoms with van der Waals surface area (Å²) in [4.78, 5) is 0. The Labute approximate surface area is 146 Å². The maximum atomic E-state index is 5.62. The molecule has 0 atom stereocenters. The number of nitrogens with one attached hydrogen (secondary N) is 2. The minimum absolute atomic E-state index is 0.160. The number of anilines is 1. The molecule has 1 aliphatic rings. The van der Waals surface area contributed by atoms with Gasteiger partial charge in [-0.1, -0.05) is 6.07 Å². The third kappa shape index (κ3) is 4.29. The highest BCUT2D eigenvalue weighted by atomic mass is 32.1. The van der Waals surface area contributed by atoms with Crippen LogP contribution >= 0.6 is 12.2 Å². The fourth-order valence-corrected chi connectivity index (χ4v) is 2.49. The maximum absolute atomic E-state index is 5.62. The molecule has 24 heavy (non-hydrogen) atoms. The van der Waals surface area contributed by atoms with Gasteiger partial charge in [0.25, 0.3) is 0 Å². The van der Waals surface area contributed by atoms with Crippen molar-refractivity contribution in [2.75, 3.05) is 12.1 Å². The Morgan fingerprint density at radius 2 is 1.88 bits per heavy atom. The summed E-state index contributed by atoms with van der Waals surface area (Å²) in [5.74, 6) is 2.40. The number of benzene rings is 2. The van der Waals surface area contributed by atoms with Gasteiger partial charge < -0.3 is 24.8 Å². The number of hydrogen-bond acceptors (Lipinski definition) is 4. The van der Waals surface area contributed by atoms with Crippen LogP contribution in [0.25, 0.3) is 0 Å². The molecule has 0 aromatic heterocycles. The molecule has 3 rings (SSSR count). The van der Waals surface area contributed by atoms with E-state index in [1.165, 1.54) is 0 Å². The van der Waals surface area contributed by atoms with Crippen LogP contribution in [0.15, 0.2) is 42.5 Å². The number of ether oxygens (including phenoxy) is 3. The van der Waals surface area contributed by atoms with Gasteiger partial charge in [0.15, 0.2) is 16.6 Å². The third-order valence-corrected chi connectivity index (χ3v) is 3.62. The average molecular weight is 344 g/mol. The van der Waals surface area contributed by atoms with Crippen molar-refractivity contribution in [2.45, 2.75) is 26.5 Å². The Morgan fingerprint density at radius 3 is 2.62 bits per heavy atom. The molecule has 0 amide bonds. The summed E-state index contributed by atoms with van der Waals surface area (Å²) in [5, 5.41) is 6.89. The largest absolute Gasteiger partial charge is 0.491 e. The zero-order chi connectivity index (χ0) is 16.9. The first-order valence-corrected chi connectivity index (χ1v) is 8.21. The summed E-state index contributed by atoms with van der Waals surface area (Å²) in [5.41, 5.74) is 1.98. The van der Waals surface area contributed by atoms with Gasteiger partial charge in [-0.2, -0.15) is 0 Å². The smallest absolute Gasteiger partial charge is 0.231 e. The van der Waals surface area contributed by atoms with E-state index >= 15 is 0 Å². The maximum Gasteiger partial charge on any atom is 0.231 e. The van der Waals surface area contributed by atoms with Gasteiger partial charge >= 0.3 is 0 Å². The molecule has 0 bridgehead atoms. The van der Waals surface area contributed by atoms with Crippen molar-refractivity contribution in [3.63, 3.8) is 0 Å². The molecule has 2 aromatic carbocycles. The molecule has 126 valence electrons. The van der Waals surface area contributed by atoms with Crippen molar-refractivity contribution in [1.82, 2.24) is 5.32 Å². The van der Waals surface area contributed by atoms with Crippen molar-refractivity contribution < 1.29 is 14.2 Å². The van der Waals surface area contributed by atoms with Crippen LogP contribution in [0.5, 0.6) is 17.2 Å². The molecule has 5 nitrogen and oxygen atoms in total. The fourth-order valence-electron chi connectivity index (χ4n) is 2.30. The summed E-state index contributed by atoms with van der Waals surface area (Å²) in [6.07, 6.45) is 0.160. The lowest BCUT2D eigenvalue weighted by Crippen LogP contribution is -2.27. The summed E-state index contributed by atoms with van der Waals surface area (Å²) in [6, 6.07) is 13.6. The van der Waals surface area contributed by atoms with Gasteiger partial charge in [0.1, 0.15) is 5.75 Å². The molecule has 0 fully saturated rings. The first kappa shape index (κ1) is 16.4. The van der Waals surface area contributed by atoms with Gasteiger partial charge in [-0.3, -0.25) is 0 Å². The Morgan fingerprint density at radius 1 is 1.12 bits per heavy atom. The van der Waals surface area contributed by atoms with E-state index in [2.05, 4.69) is 10.6 Å². The molecule has 0 spiro atoms. The highest BCUT2D eigenvalue weighted by Gasteiger charge is 2.13. The normalized spacial score (nSPS) is 12.1. The van der Waals surface area contributed by atoms with Crippen LogP contribution in [0.4, 0.5) is 5.69 Å². The second-order valence-corrected chi connectivity index (χ2v) is 6.09. The Bertz CT molecular complexity index is 717. The minimum Gasteiger partial charge on any atom is -0.491 e. The van der Waals surface area contributed by atoms with Crippen LogP contribution in [0.2, 0.25) is 0 Å². The van der Waals surface area contributed by atoms with E-state index in [0.717, 1.165) is 28.5 Å². The first-order valence-electron chi connectivity index (χ1n) is 7.80. The van der Waals surface area contributed by atoms with Gasteiger partial charge in [0.05, 0.1) is 6.10 Å². The molecule has 0 saturated heterocycles. The SMILES string of the molecule is CC(C)Oc1ccc(NC(=S)NCc2ccc3c(c2)OCO3)cc1. The third-order valence-electron chi connectivity index (χ3n) is 3.37. The van der Waals surface area contributed by atoms with Crippen molar-refractivity contribution in [3.05, 3.63) is 48.0 Å². The van der Waals surface area contributed by atoms with E-state index in [1.54, 1.807) is 0 Å².